The average molecular weight is 273 g/mol. The van der Waals surface area contributed by atoms with Gasteiger partial charge in [0.2, 0.25) is 0 Å². The maximum atomic E-state index is 10.9. The number of hydrogen-bond donors (Lipinski definition) is 3. The van der Waals surface area contributed by atoms with Crippen LogP contribution >= 0.6 is 15.9 Å². The number of nitrogens with two attached hydrogens (primary N) is 1. The van der Waals surface area contributed by atoms with Crippen molar-refractivity contribution in [3.05, 3.63) is 34.3 Å². The second-order valence-corrected chi connectivity index (χ2v) is 4.10. The lowest BCUT2D eigenvalue weighted by Crippen LogP contribution is -2.43. The zero-order valence-corrected chi connectivity index (χ0v) is 9.86. The van der Waals surface area contributed by atoms with E-state index < -0.39 is 18.1 Å². The van der Waals surface area contributed by atoms with Gasteiger partial charge in [0.05, 0.1) is 6.04 Å². The lowest BCUT2D eigenvalue weighted by Gasteiger charge is -2.19. The van der Waals surface area contributed by atoms with Crippen LogP contribution in [-0.2, 0) is 4.79 Å². The van der Waals surface area contributed by atoms with Crippen molar-refractivity contribution in [3.63, 3.8) is 0 Å². The third-order valence-electron chi connectivity index (χ3n) is 2.17. The molecule has 0 amide bonds. The highest BCUT2D eigenvalue weighted by molar-refractivity contribution is 9.10. The molecular formula is C10H13BrN2O2. The largest absolute Gasteiger partial charge is 0.480 e. The van der Waals surface area contributed by atoms with Crippen LogP contribution < -0.4 is 11.1 Å². The fourth-order valence-electron chi connectivity index (χ4n) is 1.36. The predicted molar refractivity (Wildman–Crippen MR) is 61.6 cm³/mol. The summed E-state index contributed by atoms with van der Waals surface area (Å²) < 4.78 is 0.885. The van der Waals surface area contributed by atoms with Crippen molar-refractivity contribution in [3.8, 4) is 0 Å². The van der Waals surface area contributed by atoms with Crippen molar-refractivity contribution in [1.82, 2.24) is 5.32 Å². The van der Waals surface area contributed by atoms with Crippen LogP contribution in [0, 0.1) is 0 Å². The highest BCUT2D eigenvalue weighted by Gasteiger charge is 2.24. The zero-order chi connectivity index (χ0) is 11.4. The molecular weight excluding hydrogens is 260 g/mol. The van der Waals surface area contributed by atoms with Crippen molar-refractivity contribution in [2.45, 2.75) is 12.1 Å². The molecule has 0 radical (unpaired) electrons. The summed E-state index contributed by atoms with van der Waals surface area (Å²) in [4.78, 5) is 10.9. The molecule has 1 rings (SSSR count). The van der Waals surface area contributed by atoms with Crippen molar-refractivity contribution in [1.29, 1.82) is 0 Å². The molecule has 0 aliphatic rings. The van der Waals surface area contributed by atoms with Crippen molar-refractivity contribution < 1.29 is 9.90 Å². The van der Waals surface area contributed by atoms with Gasteiger partial charge in [0.1, 0.15) is 6.04 Å². The van der Waals surface area contributed by atoms with E-state index in [1.807, 2.05) is 24.3 Å². The highest BCUT2D eigenvalue weighted by Crippen LogP contribution is 2.19. The van der Waals surface area contributed by atoms with Gasteiger partial charge in [-0.2, -0.15) is 0 Å². The lowest BCUT2D eigenvalue weighted by atomic mass is 10.0. The average Bonchev–Trinajstić information content (AvgIpc) is 2.18. The Balaban J connectivity index is 2.92. The number of benzene rings is 1. The molecule has 5 heteroatoms. The molecule has 0 aliphatic heterocycles. The van der Waals surface area contributed by atoms with Gasteiger partial charge in [-0.25, -0.2) is 0 Å². The molecule has 0 bridgehead atoms. The molecule has 0 spiro atoms. The minimum atomic E-state index is -0.954. The molecule has 0 saturated carbocycles. The Bertz CT molecular complexity index is 357. The molecule has 0 aliphatic carbocycles. The van der Waals surface area contributed by atoms with Gasteiger partial charge in [-0.15, -0.1) is 0 Å². The molecule has 4 N–H and O–H groups in total. The number of likely N-dealkylation sites (N-methyl/N-ethyl adjacent to an activating group) is 1. The molecule has 2 unspecified atom stereocenters. The first-order valence-electron chi connectivity index (χ1n) is 4.47. The van der Waals surface area contributed by atoms with Gasteiger partial charge in [-0.1, -0.05) is 28.1 Å². The Labute approximate surface area is 96.6 Å². The second kappa shape index (κ2) is 5.25. The van der Waals surface area contributed by atoms with Gasteiger partial charge < -0.3 is 16.2 Å². The maximum absolute atomic E-state index is 10.9. The summed E-state index contributed by atoms with van der Waals surface area (Å²) in [5.74, 6) is -0.954. The van der Waals surface area contributed by atoms with Crippen LogP contribution in [-0.4, -0.2) is 24.2 Å². The van der Waals surface area contributed by atoms with E-state index in [4.69, 9.17) is 10.8 Å². The number of carbonyl (C=O) groups is 1. The summed E-state index contributed by atoms with van der Waals surface area (Å²) in [6.45, 7) is 0. The summed E-state index contributed by atoms with van der Waals surface area (Å²) >= 11 is 3.32. The number of halogens is 1. The second-order valence-electron chi connectivity index (χ2n) is 3.19. The van der Waals surface area contributed by atoms with E-state index in [0.29, 0.717) is 0 Å². The normalized spacial score (nSPS) is 14.6. The molecule has 1 aromatic rings. The first kappa shape index (κ1) is 12.2. The molecule has 0 aromatic heterocycles. The molecule has 2 atom stereocenters. The third kappa shape index (κ3) is 3.02. The number of aliphatic carboxylic acids is 1. The van der Waals surface area contributed by atoms with Crippen molar-refractivity contribution in [2.24, 2.45) is 5.73 Å². The van der Waals surface area contributed by atoms with Gasteiger partial charge in [0, 0.05) is 4.47 Å². The molecule has 1 aromatic carbocycles. The van der Waals surface area contributed by atoms with Crippen molar-refractivity contribution >= 4 is 21.9 Å². The monoisotopic (exact) mass is 272 g/mol. The number of carboxylic acids is 1. The minimum absolute atomic E-state index is 0.565. The van der Waals surface area contributed by atoms with E-state index in [9.17, 15) is 4.79 Å². The first-order valence-corrected chi connectivity index (χ1v) is 5.26. The molecule has 0 heterocycles. The van der Waals surface area contributed by atoms with Crippen LogP contribution in [0.1, 0.15) is 11.6 Å². The summed E-state index contributed by atoms with van der Waals surface area (Å²) in [6.07, 6.45) is 0. The lowest BCUT2D eigenvalue weighted by molar-refractivity contribution is -0.139. The van der Waals surface area contributed by atoms with Gasteiger partial charge in [0.25, 0.3) is 0 Å². The number of carboxylic acid groups (broad SMARTS) is 1. The van der Waals surface area contributed by atoms with Crippen LogP contribution in [0.2, 0.25) is 0 Å². The summed E-state index contributed by atoms with van der Waals surface area (Å²) in [7, 11) is 1.58. The molecule has 15 heavy (non-hydrogen) atoms. The Morgan fingerprint density at radius 3 is 2.73 bits per heavy atom. The first-order chi connectivity index (χ1) is 7.06. The SMILES string of the molecule is CNC(C(=O)O)C(N)c1cccc(Br)c1. The Morgan fingerprint density at radius 2 is 2.27 bits per heavy atom. The van der Waals surface area contributed by atoms with Gasteiger partial charge in [0.15, 0.2) is 0 Å². The number of rotatable bonds is 4. The minimum Gasteiger partial charge on any atom is -0.480 e. The van der Waals surface area contributed by atoms with Crippen LogP contribution in [0.15, 0.2) is 28.7 Å². The van der Waals surface area contributed by atoms with Gasteiger partial charge in [-0.3, -0.25) is 4.79 Å². The predicted octanol–water partition coefficient (Wildman–Crippen LogP) is 1.12. The van der Waals surface area contributed by atoms with E-state index in [1.165, 1.54) is 0 Å². The Morgan fingerprint density at radius 1 is 1.60 bits per heavy atom. The summed E-state index contributed by atoms with van der Waals surface area (Å²) in [6, 6.07) is 5.98. The van der Waals surface area contributed by atoms with Gasteiger partial charge in [-0.05, 0) is 24.7 Å². The van der Waals surface area contributed by atoms with E-state index in [1.54, 1.807) is 7.05 Å². The molecule has 4 nitrogen and oxygen atoms in total. The molecule has 0 saturated heterocycles. The maximum Gasteiger partial charge on any atom is 0.322 e. The number of hydrogen-bond acceptors (Lipinski definition) is 3. The quantitative estimate of drug-likeness (QED) is 0.768. The standard InChI is InChI=1S/C10H13BrN2O2/c1-13-9(10(14)15)8(12)6-3-2-4-7(11)5-6/h2-5,8-9,13H,12H2,1H3,(H,14,15). The van der Waals surface area contributed by atoms with Crippen LogP contribution in [0.25, 0.3) is 0 Å². The summed E-state index contributed by atoms with van der Waals surface area (Å²) in [5, 5.41) is 11.6. The smallest absolute Gasteiger partial charge is 0.322 e. The Hall–Kier alpha value is -0.910. The fraction of sp³-hybridized carbons (Fsp3) is 0.300. The molecule has 0 fully saturated rings. The van der Waals surface area contributed by atoms with E-state index in [0.717, 1.165) is 10.0 Å². The van der Waals surface area contributed by atoms with Crippen molar-refractivity contribution in [2.75, 3.05) is 7.05 Å². The highest BCUT2D eigenvalue weighted by atomic mass is 79.9. The molecule has 82 valence electrons. The van der Waals surface area contributed by atoms with Crippen LogP contribution in [0.4, 0.5) is 0 Å². The topological polar surface area (TPSA) is 75.3 Å². The summed E-state index contributed by atoms with van der Waals surface area (Å²) in [5.41, 5.74) is 6.64. The Kier molecular flexibility index (Phi) is 4.26. The third-order valence-corrected chi connectivity index (χ3v) is 2.66. The van der Waals surface area contributed by atoms with Gasteiger partial charge >= 0.3 is 5.97 Å². The van der Waals surface area contributed by atoms with Crippen LogP contribution in [0.5, 0.6) is 0 Å². The van der Waals surface area contributed by atoms with E-state index in [-0.39, 0.29) is 0 Å². The van der Waals surface area contributed by atoms with E-state index >= 15 is 0 Å². The van der Waals surface area contributed by atoms with E-state index in [2.05, 4.69) is 21.2 Å². The van der Waals surface area contributed by atoms with Crippen LogP contribution in [0.3, 0.4) is 0 Å². The number of nitrogens with one attached hydrogen (secondary N) is 1. The zero-order valence-electron chi connectivity index (χ0n) is 8.27. The fourth-order valence-corrected chi connectivity index (χ4v) is 1.78.